The number of methoxy groups -OCH3 is 2. The van der Waals surface area contributed by atoms with Crippen molar-refractivity contribution in [2.24, 2.45) is 16.6 Å². The van der Waals surface area contributed by atoms with Gasteiger partial charge in [0.25, 0.3) is 0 Å². The van der Waals surface area contributed by atoms with E-state index in [2.05, 4.69) is 18.5 Å². The first kappa shape index (κ1) is 61.3. The lowest BCUT2D eigenvalue weighted by Crippen LogP contribution is -2.57. The molecule has 0 aliphatic carbocycles. The van der Waals surface area contributed by atoms with Crippen molar-refractivity contribution >= 4 is 76.5 Å². The molecule has 424 valence electrons. The summed E-state index contributed by atoms with van der Waals surface area (Å²) in [5, 5.41) is 2.72. The fraction of sp³-hybridized carbons (Fsp3) is 0.393. The minimum Gasteiger partial charge on any atom is -0.471 e. The number of alkyl carbamates (subject to hydrolysis) is 1. The fourth-order valence-corrected chi connectivity index (χ4v) is 9.21. The molecule has 19 heteroatoms. The molecule has 8 rings (SSSR count). The van der Waals surface area contributed by atoms with Crippen molar-refractivity contribution in [2.45, 2.75) is 117 Å². The summed E-state index contributed by atoms with van der Waals surface area (Å²) in [7, 11) is 2.58. The van der Waals surface area contributed by atoms with E-state index >= 15 is 0 Å². The van der Waals surface area contributed by atoms with E-state index in [9.17, 15) is 24.0 Å². The van der Waals surface area contributed by atoms with Gasteiger partial charge in [-0.15, -0.1) is 12.4 Å². The van der Waals surface area contributed by atoms with E-state index in [1.54, 1.807) is 32.9 Å². The Morgan fingerprint density at radius 3 is 1.36 bits per heavy atom. The van der Waals surface area contributed by atoms with Gasteiger partial charge in [0.1, 0.15) is 47.3 Å². The summed E-state index contributed by atoms with van der Waals surface area (Å²) in [6.45, 7) is 24.4. The molecule has 2 saturated heterocycles. The van der Waals surface area contributed by atoms with Crippen molar-refractivity contribution in [3.63, 3.8) is 0 Å². The van der Waals surface area contributed by atoms with Crippen molar-refractivity contribution in [1.29, 1.82) is 0 Å². The van der Waals surface area contributed by atoms with Gasteiger partial charge in [0.15, 0.2) is 0 Å². The molecule has 6 aromatic rings. The average molecular weight is 1110 g/mol. The summed E-state index contributed by atoms with van der Waals surface area (Å²) < 4.78 is 28.3. The summed E-state index contributed by atoms with van der Waals surface area (Å²) in [5.74, 6) is -1.22. The number of fused-ring (bicyclic) bond motifs is 2. The van der Waals surface area contributed by atoms with E-state index in [-0.39, 0.29) is 50.1 Å². The van der Waals surface area contributed by atoms with Crippen LogP contribution in [0.4, 0.5) is 4.79 Å². The molecule has 6 atom stereocenters. The van der Waals surface area contributed by atoms with Gasteiger partial charge in [-0.2, -0.15) is 0 Å². The number of halogens is 1. The Morgan fingerprint density at radius 1 is 0.600 bits per heavy atom. The molecule has 0 spiro atoms. The van der Waals surface area contributed by atoms with Crippen molar-refractivity contribution in [1.82, 2.24) is 35.1 Å². The molecule has 4 aromatic carbocycles. The molecule has 2 aliphatic heterocycles. The third-order valence-electron chi connectivity index (χ3n) is 13.4. The monoisotopic (exact) mass is 1110 g/mol. The second-order valence-electron chi connectivity index (χ2n) is 22.7. The molecule has 0 bridgehead atoms. The lowest BCUT2D eigenvalue weighted by molar-refractivity contribution is -0.152. The number of carbonyl (C=O) groups is 5. The smallest absolute Gasteiger partial charge is 0.408 e. The normalized spacial score (nSPS) is 17.9. The van der Waals surface area contributed by atoms with Crippen LogP contribution in [-0.2, 0) is 33.4 Å². The van der Waals surface area contributed by atoms with Crippen molar-refractivity contribution < 1.29 is 47.7 Å². The predicted molar refractivity (Wildman–Crippen MR) is 311 cm³/mol. The third-order valence-corrected chi connectivity index (χ3v) is 13.4. The molecule has 2 aliphatic rings. The van der Waals surface area contributed by atoms with Crippen LogP contribution >= 0.6 is 12.4 Å². The van der Waals surface area contributed by atoms with Gasteiger partial charge in [-0.25, -0.2) is 34.3 Å². The maximum atomic E-state index is 14.0. The van der Waals surface area contributed by atoms with Crippen LogP contribution in [0.25, 0.3) is 56.7 Å². The predicted octanol–water partition coefficient (Wildman–Crippen LogP) is 9.66. The van der Waals surface area contributed by atoms with E-state index in [1.165, 1.54) is 24.0 Å². The highest BCUT2D eigenvalue weighted by molar-refractivity contribution is 5.91. The number of hydrogen-bond acceptors (Lipinski definition) is 15. The van der Waals surface area contributed by atoms with Crippen LogP contribution in [0.3, 0.4) is 0 Å². The number of esters is 2. The van der Waals surface area contributed by atoms with Crippen molar-refractivity contribution in [3.8, 4) is 34.3 Å². The van der Waals surface area contributed by atoms with Crippen LogP contribution in [0.15, 0.2) is 110 Å². The van der Waals surface area contributed by atoms with Crippen molar-refractivity contribution in [3.05, 3.63) is 121 Å². The van der Waals surface area contributed by atoms with E-state index in [0.717, 1.165) is 27.8 Å². The Balaban J connectivity index is 0.000000259. The molecule has 18 nitrogen and oxygen atoms in total. The van der Waals surface area contributed by atoms with Crippen LogP contribution in [0.2, 0.25) is 0 Å². The first-order valence-corrected chi connectivity index (χ1v) is 26.2. The summed E-state index contributed by atoms with van der Waals surface area (Å²) in [6, 6.07) is 27.0. The molecule has 0 saturated carbocycles. The Morgan fingerprint density at radius 2 is 1.00 bits per heavy atom. The number of benzene rings is 4. The fourth-order valence-electron chi connectivity index (χ4n) is 9.21. The number of hydrogen-bond donors (Lipinski definition) is 2. The number of para-hydroxylation sites is 4. The maximum absolute atomic E-state index is 14.0. The van der Waals surface area contributed by atoms with E-state index in [4.69, 9.17) is 49.4 Å². The van der Waals surface area contributed by atoms with E-state index < -0.39 is 76.7 Å². The topological polar surface area (TPSA) is 228 Å². The first-order valence-electron chi connectivity index (χ1n) is 26.2. The molecule has 4 heterocycles. The minimum absolute atomic E-state index is 0. The molecule has 3 amide bonds. The molecule has 80 heavy (non-hydrogen) atoms. The van der Waals surface area contributed by atoms with E-state index in [1.807, 2.05) is 139 Å². The zero-order valence-corrected chi connectivity index (χ0v) is 48.2. The highest BCUT2D eigenvalue weighted by Gasteiger charge is 2.48. The van der Waals surface area contributed by atoms with Crippen LogP contribution in [0, 0.1) is 10.8 Å². The molecule has 0 unspecified atom stereocenters. The summed E-state index contributed by atoms with van der Waals surface area (Å²) in [6.07, 6.45) is 2.11. The summed E-state index contributed by atoms with van der Waals surface area (Å²) in [5.41, 5.74) is 11.7. The van der Waals surface area contributed by atoms with Gasteiger partial charge < -0.3 is 44.5 Å². The van der Waals surface area contributed by atoms with Crippen LogP contribution < -0.4 is 20.5 Å². The van der Waals surface area contributed by atoms with Gasteiger partial charge in [-0.1, -0.05) is 128 Å². The third kappa shape index (κ3) is 14.6. The molecule has 2 aromatic heterocycles. The van der Waals surface area contributed by atoms with Crippen LogP contribution in [-0.4, -0.2) is 129 Å². The number of ether oxygens (including phenoxy) is 5. The number of nitrogens with zero attached hydrogens (tertiary/aromatic N) is 6. The minimum atomic E-state index is -0.981. The maximum Gasteiger partial charge on any atom is 0.408 e. The van der Waals surface area contributed by atoms with Crippen LogP contribution in [0.5, 0.6) is 11.8 Å². The number of nitrogens with two attached hydrogens (primary N) is 1. The standard InChI is InChI=1S/C33H40N4O6.C28H32N4O4.ClH/c1-9-20-13-12-14-21(17-20)26-28(35-24-16-11-10-15-23(24)34-26)42-22-18-25(30(39)41-8)37(19-22)29(38)27(32(2,3)4)36-31(40)43-33(5,6)7;1-6-17-10-9-11-18(14-17)23-25(31-21-13-8-7-12-20(21)30-23)36-19-15-22(27(34)35-5)32(16-19)26(33)24(29)28(2,3)4;/h9-17,22,25,27H,1,18-19H2,2-8H3,(H,36,40);6-14,19,22,24H,1,15-16,29H2,2-5H3;1H/t22-,25+,27-;19-,22+,24-;/m11./s1. The SMILES string of the molecule is C=Cc1cccc(-c2nc3ccccc3nc2O[C@@H]2C[C@@H](C(=O)OC)N(C(=O)[C@@H](N)C(C)(C)C)C2)c1.C=Cc1cccc(-c2nc3ccccc3nc2O[C@@H]2C[C@@H](C(=O)OC)N(C(=O)[C@@H](NC(=O)OC(C)(C)C)C(C)(C)C)C2)c1.Cl. The van der Waals surface area contributed by atoms with Gasteiger partial charge in [-0.3, -0.25) is 9.59 Å². The highest BCUT2D eigenvalue weighted by atomic mass is 35.5. The zero-order chi connectivity index (χ0) is 57.6. The Kier molecular flexibility index (Phi) is 19.5. The number of likely N-dealkylation sites (tertiary alicyclic amines) is 2. The van der Waals surface area contributed by atoms with Gasteiger partial charge in [-0.05, 0) is 79.1 Å². The highest BCUT2D eigenvalue weighted by Crippen LogP contribution is 2.36. The molecule has 3 N–H and O–H groups in total. The largest absolute Gasteiger partial charge is 0.471 e. The van der Waals surface area contributed by atoms with Crippen LogP contribution in [0.1, 0.15) is 86.3 Å². The molecule has 2 fully saturated rings. The number of aromatic nitrogens is 4. The Hall–Kier alpha value is -7.96. The molecular weight excluding hydrogens is 1040 g/mol. The zero-order valence-electron chi connectivity index (χ0n) is 47.4. The summed E-state index contributed by atoms with van der Waals surface area (Å²) in [4.78, 5) is 87.6. The van der Waals surface area contributed by atoms with Gasteiger partial charge in [0.2, 0.25) is 23.6 Å². The van der Waals surface area contributed by atoms with E-state index in [0.29, 0.717) is 33.8 Å². The average Bonchev–Trinajstić information content (AvgIpc) is 4.06. The van der Waals surface area contributed by atoms with Gasteiger partial charge in [0, 0.05) is 24.0 Å². The van der Waals surface area contributed by atoms with Gasteiger partial charge >= 0.3 is 18.0 Å². The second kappa shape index (κ2) is 25.4. The van der Waals surface area contributed by atoms with Gasteiger partial charge in [0.05, 0.1) is 55.4 Å². The lowest BCUT2D eigenvalue weighted by atomic mass is 9.85. The molecule has 0 radical (unpaired) electrons. The first-order chi connectivity index (χ1) is 37.3. The number of nitrogens with one attached hydrogen (secondary N) is 1. The lowest BCUT2D eigenvalue weighted by Gasteiger charge is -2.35. The number of rotatable bonds is 13. The number of carbonyl (C=O) groups excluding carboxylic acids is 5. The Bertz CT molecular complexity index is 3260. The number of amides is 3. The second-order valence-corrected chi connectivity index (χ2v) is 22.7. The Labute approximate surface area is 473 Å². The quantitative estimate of drug-likeness (QED) is 0.0810. The summed E-state index contributed by atoms with van der Waals surface area (Å²) >= 11 is 0. The van der Waals surface area contributed by atoms with Crippen molar-refractivity contribution in [2.75, 3.05) is 27.3 Å². The molecular formula is C61H73ClN8O10.